The molecule has 2 amide bonds. The van der Waals surface area contributed by atoms with Crippen LogP contribution in [-0.2, 0) is 0 Å². The number of hydrogen-bond acceptors (Lipinski definition) is 4. The van der Waals surface area contributed by atoms with E-state index < -0.39 is 6.03 Å². The molecule has 3 rings (SSSR count). The number of urea groups is 1. The van der Waals surface area contributed by atoms with E-state index in [0.717, 1.165) is 5.56 Å². The number of benzene rings is 2. The maximum atomic E-state index is 12.0. The lowest BCUT2D eigenvalue weighted by Crippen LogP contribution is -2.19. The molecule has 0 fully saturated rings. The molecular weight excluding hydrogens is 330 g/mol. The Bertz CT molecular complexity index is 849. The van der Waals surface area contributed by atoms with Crippen LogP contribution in [0, 0.1) is 0 Å². The number of carbonyl (C=O) groups is 1. The third kappa shape index (κ3) is 3.67. The van der Waals surface area contributed by atoms with Crippen LogP contribution < -0.4 is 15.4 Å². The van der Waals surface area contributed by atoms with Crippen LogP contribution in [0.4, 0.5) is 16.3 Å². The van der Waals surface area contributed by atoms with Crippen molar-refractivity contribution in [1.82, 2.24) is 5.16 Å². The highest BCUT2D eigenvalue weighted by molar-refractivity contribution is 6.32. The third-order valence-electron chi connectivity index (χ3n) is 3.22. The van der Waals surface area contributed by atoms with Gasteiger partial charge in [-0.1, -0.05) is 47.1 Å². The Morgan fingerprint density at radius 3 is 2.62 bits per heavy atom. The van der Waals surface area contributed by atoms with Gasteiger partial charge in [0.25, 0.3) is 0 Å². The van der Waals surface area contributed by atoms with Gasteiger partial charge in [0, 0.05) is 17.3 Å². The van der Waals surface area contributed by atoms with Crippen molar-refractivity contribution >= 4 is 29.1 Å². The number of halogens is 1. The molecule has 1 aromatic heterocycles. The van der Waals surface area contributed by atoms with Crippen molar-refractivity contribution in [2.24, 2.45) is 0 Å². The Balaban J connectivity index is 1.65. The second kappa shape index (κ2) is 7.06. The summed E-state index contributed by atoms with van der Waals surface area (Å²) in [5.41, 5.74) is 1.41. The smallest absolute Gasteiger partial charge is 0.324 e. The number of hydrogen-bond donors (Lipinski definition) is 2. The van der Waals surface area contributed by atoms with Crippen LogP contribution >= 0.6 is 11.6 Å². The van der Waals surface area contributed by atoms with E-state index in [4.69, 9.17) is 20.9 Å². The predicted octanol–water partition coefficient (Wildman–Crippen LogP) is 4.65. The summed E-state index contributed by atoms with van der Waals surface area (Å²) in [4.78, 5) is 12.0. The van der Waals surface area contributed by atoms with Crippen LogP contribution in [0.2, 0.25) is 5.02 Å². The molecule has 3 aromatic rings. The summed E-state index contributed by atoms with van der Waals surface area (Å²) in [6, 6.07) is 15.6. The van der Waals surface area contributed by atoms with Gasteiger partial charge in [-0.3, -0.25) is 5.32 Å². The van der Waals surface area contributed by atoms with E-state index in [2.05, 4.69) is 15.8 Å². The molecule has 0 aliphatic rings. The largest absolute Gasteiger partial charge is 0.495 e. The number of rotatable bonds is 4. The zero-order valence-electron chi connectivity index (χ0n) is 12.7. The fourth-order valence-corrected chi connectivity index (χ4v) is 2.35. The zero-order valence-corrected chi connectivity index (χ0v) is 13.5. The molecule has 0 aliphatic carbocycles. The number of ether oxygens (including phenoxy) is 1. The monoisotopic (exact) mass is 343 g/mol. The van der Waals surface area contributed by atoms with Crippen LogP contribution in [0.5, 0.6) is 5.75 Å². The molecular formula is C17H14ClN3O3. The Morgan fingerprint density at radius 1 is 1.12 bits per heavy atom. The van der Waals surface area contributed by atoms with Crippen molar-refractivity contribution in [3.63, 3.8) is 0 Å². The molecule has 0 atom stereocenters. The summed E-state index contributed by atoms with van der Waals surface area (Å²) in [7, 11) is 1.52. The van der Waals surface area contributed by atoms with Crippen LogP contribution in [0.25, 0.3) is 11.3 Å². The molecule has 2 aromatic carbocycles. The van der Waals surface area contributed by atoms with E-state index >= 15 is 0 Å². The van der Waals surface area contributed by atoms with Crippen molar-refractivity contribution in [2.75, 3.05) is 17.7 Å². The number of anilines is 2. The summed E-state index contributed by atoms with van der Waals surface area (Å²) < 4.78 is 10.3. The van der Waals surface area contributed by atoms with E-state index in [1.807, 2.05) is 30.3 Å². The SMILES string of the molecule is COc1ccc(NC(=O)Nc2cc(-c3ccccc3)on2)cc1Cl. The van der Waals surface area contributed by atoms with Gasteiger partial charge >= 0.3 is 6.03 Å². The number of carbonyl (C=O) groups excluding carboxylic acids is 1. The van der Waals surface area contributed by atoms with Crippen molar-refractivity contribution in [1.29, 1.82) is 0 Å². The normalized spacial score (nSPS) is 10.2. The van der Waals surface area contributed by atoms with Gasteiger partial charge in [0.1, 0.15) is 5.75 Å². The molecule has 24 heavy (non-hydrogen) atoms. The maximum Gasteiger partial charge on any atom is 0.324 e. The molecule has 1 heterocycles. The van der Waals surface area contributed by atoms with E-state index in [-0.39, 0.29) is 0 Å². The Hall–Kier alpha value is -2.99. The van der Waals surface area contributed by atoms with E-state index in [9.17, 15) is 4.79 Å². The topological polar surface area (TPSA) is 76.4 Å². The molecule has 0 aliphatic heterocycles. The highest BCUT2D eigenvalue weighted by atomic mass is 35.5. The van der Waals surface area contributed by atoms with Crippen LogP contribution in [-0.4, -0.2) is 18.3 Å². The van der Waals surface area contributed by atoms with E-state index in [0.29, 0.717) is 28.0 Å². The Labute approximate surface area is 143 Å². The van der Waals surface area contributed by atoms with Gasteiger partial charge in [0.05, 0.1) is 12.1 Å². The lowest BCUT2D eigenvalue weighted by Gasteiger charge is -2.07. The van der Waals surface area contributed by atoms with E-state index in [1.54, 1.807) is 24.3 Å². The highest BCUT2D eigenvalue weighted by Gasteiger charge is 2.10. The minimum absolute atomic E-state index is 0.311. The lowest BCUT2D eigenvalue weighted by atomic mass is 10.2. The first-order valence-electron chi connectivity index (χ1n) is 7.09. The van der Waals surface area contributed by atoms with Gasteiger partial charge in [-0.2, -0.15) is 0 Å². The van der Waals surface area contributed by atoms with Gasteiger partial charge in [0.2, 0.25) is 0 Å². The second-order valence-corrected chi connectivity index (χ2v) is 5.28. The van der Waals surface area contributed by atoms with Crippen molar-refractivity contribution in [3.05, 3.63) is 59.6 Å². The van der Waals surface area contributed by atoms with Crippen LogP contribution in [0.1, 0.15) is 0 Å². The zero-order chi connectivity index (χ0) is 16.9. The molecule has 0 spiro atoms. The summed E-state index contributed by atoms with van der Waals surface area (Å²) in [6.07, 6.45) is 0. The quantitative estimate of drug-likeness (QED) is 0.723. The standard InChI is InChI=1S/C17H14ClN3O3/c1-23-14-8-7-12(9-13(14)18)19-17(22)20-16-10-15(24-21-16)11-5-3-2-4-6-11/h2-10H,1H3,(H2,19,20,21,22). The molecule has 6 nitrogen and oxygen atoms in total. The first-order chi connectivity index (χ1) is 11.7. The third-order valence-corrected chi connectivity index (χ3v) is 3.52. The molecule has 0 bridgehead atoms. The minimum Gasteiger partial charge on any atom is -0.495 e. The number of methoxy groups -OCH3 is 1. The van der Waals surface area contributed by atoms with Gasteiger partial charge in [0.15, 0.2) is 11.6 Å². The molecule has 0 saturated carbocycles. The summed E-state index contributed by atoms with van der Waals surface area (Å²) >= 11 is 6.02. The van der Waals surface area contributed by atoms with Crippen molar-refractivity contribution < 1.29 is 14.1 Å². The fourth-order valence-electron chi connectivity index (χ4n) is 2.10. The number of nitrogens with one attached hydrogen (secondary N) is 2. The first kappa shape index (κ1) is 15.9. The molecule has 2 N–H and O–H groups in total. The first-order valence-corrected chi connectivity index (χ1v) is 7.47. The van der Waals surface area contributed by atoms with Gasteiger partial charge in [-0.05, 0) is 18.2 Å². The average Bonchev–Trinajstić information content (AvgIpc) is 3.04. The predicted molar refractivity (Wildman–Crippen MR) is 92.6 cm³/mol. The Morgan fingerprint density at radius 2 is 1.92 bits per heavy atom. The molecule has 122 valence electrons. The van der Waals surface area contributed by atoms with Crippen molar-refractivity contribution in [3.8, 4) is 17.1 Å². The Kier molecular flexibility index (Phi) is 4.67. The van der Waals surface area contributed by atoms with Crippen LogP contribution in [0.15, 0.2) is 59.1 Å². The highest BCUT2D eigenvalue weighted by Crippen LogP contribution is 2.27. The molecule has 7 heteroatoms. The number of aromatic nitrogens is 1. The van der Waals surface area contributed by atoms with Gasteiger partial charge in [-0.15, -0.1) is 0 Å². The molecule has 0 saturated heterocycles. The minimum atomic E-state index is -0.454. The van der Waals surface area contributed by atoms with Gasteiger partial charge in [-0.25, -0.2) is 4.79 Å². The van der Waals surface area contributed by atoms with Gasteiger partial charge < -0.3 is 14.6 Å². The van der Waals surface area contributed by atoms with Crippen molar-refractivity contribution in [2.45, 2.75) is 0 Å². The van der Waals surface area contributed by atoms with E-state index in [1.165, 1.54) is 7.11 Å². The molecule has 0 unspecified atom stereocenters. The average molecular weight is 344 g/mol. The maximum absolute atomic E-state index is 12.0. The summed E-state index contributed by atoms with van der Waals surface area (Å²) in [5.74, 6) is 1.41. The number of nitrogens with zero attached hydrogens (tertiary/aromatic N) is 1. The summed E-state index contributed by atoms with van der Waals surface area (Å²) in [6.45, 7) is 0. The number of amides is 2. The molecule has 0 radical (unpaired) electrons. The summed E-state index contributed by atoms with van der Waals surface area (Å²) in [5, 5.41) is 9.49. The lowest BCUT2D eigenvalue weighted by molar-refractivity contribution is 0.262. The fraction of sp³-hybridized carbons (Fsp3) is 0.0588. The van der Waals surface area contributed by atoms with Crippen LogP contribution in [0.3, 0.4) is 0 Å². The second-order valence-electron chi connectivity index (χ2n) is 4.87.